The average Bonchev–Trinajstić information content (AvgIpc) is 3.01. The molecule has 3 rings (SSSR count). The molecule has 1 saturated heterocycles. The van der Waals surface area contributed by atoms with Crippen LogP contribution in [-0.4, -0.2) is 44.4 Å². The van der Waals surface area contributed by atoms with Crippen molar-refractivity contribution in [1.29, 1.82) is 0 Å². The van der Waals surface area contributed by atoms with E-state index < -0.39 is 0 Å². The molecular weight excluding hydrogens is 320 g/mol. The van der Waals surface area contributed by atoms with Crippen molar-refractivity contribution in [1.82, 2.24) is 19.7 Å². The van der Waals surface area contributed by atoms with Gasteiger partial charge in [0.2, 0.25) is 5.91 Å². The molecule has 0 aliphatic carbocycles. The fourth-order valence-electron chi connectivity index (χ4n) is 3.04. The zero-order chi connectivity index (χ0) is 17.1. The van der Waals surface area contributed by atoms with Crippen molar-refractivity contribution in [2.45, 2.75) is 38.8 Å². The van der Waals surface area contributed by atoms with Gasteiger partial charge < -0.3 is 4.90 Å². The third-order valence-corrected chi connectivity index (χ3v) is 5.52. The van der Waals surface area contributed by atoms with Crippen molar-refractivity contribution < 1.29 is 4.79 Å². The average molecular weight is 344 g/mol. The second-order valence-electron chi connectivity index (χ2n) is 6.63. The van der Waals surface area contributed by atoms with Crippen molar-refractivity contribution >= 4 is 17.7 Å². The van der Waals surface area contributed by atoms with Gasteiger partial charge >= 0.3 is 0 Å². The number of hydrogen-bond donors (Lipinski definition) is 0. The smallest absolute Gasteiger partial charge is 0.233 e. The molecule has 2 aromatic rings. The summed E-state index contributed by atoms with van der Waals surface area (Å²) < 4.78 is 1.96. The summed E-state index contributed by atoms with van der Waals surface area (Å²) in [5.41, 5.74) is 3.47. The van der Waals surface area contributed by atoms with Crippen LogP contribution in [0.3, 0.4) is 0 Å². The lowest BCUT2D eigenvalue weighted by atomic mass is 9.99. The Morgan fingerprint density at radius 2 is 2.04 bits per heavy atom. The van der Waals surface area contributed by atoms with Crippen LogP contribution in [0.25, 0.3) is 5.69 Å². The predicted octanol–water partition coefficient (Wildman–Crippen LogP) is 3.23. The first-order valence-corrected chi connectivity index (χ1v) is 9.41. The highest BCUT2D eigenvalue weighted by Gasteiger charge is 2.21. The van der Waals surface area contributed by atoms with Gasteiger partial charge in [-0.1, -0.05) is 36.4 Å². The van der Waals surface area contributed by atoms with E-state index in [4.69, 9.17) is 0 Å². The molecule has 24 heavy (non-hydrogen) atoms. The zero-order valence-electron chi connectivity index (χ0n) is 14.5. The van der Waals surface area contributed by atoms with Crippen LogP contribution < -0.4 is 0 Å². The number of aryl methyl sites for hydroxylation is 2. The Morgan fingerprint density at radius 1 is 1.29 bits per heavy atom. The Morgan fingerprint density at radius 3 is 2.75 bits per heavy atom. The van der Waals surface area contributed by atoms with Crippen LogP contribution in [0.15, 0.2) is 29.7 Å². The summed E-state index contributed by atoms with van der Waals surface area (Å²) in [6.45, 7) is 8.17. The van der Waals surface area contributed by atoms with Gasteiger partial charge in [-0.3, -0.25) is 9.36 Å². The second-order valence-corrected chi connectivity index (χ2v) is 7.57. The van der Waals surface area contributed by atoms with Crippen molar-refractivity contribution in [3.05, 3.63) is 35.7 Å². The molecule has 0 atom stereocenters. The predicted molar refractivity (Wildman–Crippen MR) is 96.5 cm³/mol. The maximum Gasteiger partial charge on any atom is 0.233 e. The number of amides is 1. The number of thioether (sulfide) groups is 1. The van der Waals surface area contributed by atoms with Gasteiger partial charge in [-0.05, 0) is 44.2 Å². The quantitative estimate of drug-likeness (QED) is 0.799. The van der Waals surface area contributed by atoms with Gasteiger partial charge in [0.15, 0.2) is 5.16 Å². The molecule has 0 saturated carbocycles. The highest BCUT2D eigenvalue weighted by molar-refractivity contribution is 7.99. The van der Waals surface area contributed by atoms with Crippen molar-refractivity contribution in [2.75, 3.05) is 18.8 Å². The van der Waals surface area contributed by atoms with Gasteiger partial charge in [-0.15, -0.1) is 10.2 Å². The summed E-state index contributed by atoms with van der Waals surface area (Å²) in [4.78, 5) is 14.4. The van der Waals surface area contributed by atoms with Crippen LogP contribution in [0.5, 0.6) is 0 Å². The van der Waals surface area contributed by atoms with Gasteiger partial charge in [0.25, 0.3) is 0 Å². The van der Waals surface area contributed by atoms with E-state index in [2.05, 4.69) is 49.2 Å². The molecule has 5 nitrogen and oxygen atoms in total. The van der Waals surface area contributed by atoms with Crippen LogP contribution in [-0.2, 0) is 4.79 Å². The van der Waals surface area contributed by atoms with E-state index in [9.17, 15) is 4.79 Å². The molecule has 0 spiro atoms. The number of rotatable bonds is 4. The number of nitrogens with zero attached hydrogens (tertiary/aromatic N) is 4. The lowest BCUT2D eigenvalue weighted by Crippen LogP contribution is -2.38. The highest BCUT2D eigenvalue weighted by atomic mass is 32.2. The van der Waals surface area contributed by atoms with E-state index in [1.807, 2.05) is 9.47 Å². The first kappa shape index (κ1) is 17.0. The fraction of sp³-hybridized carbons (Fsp3) is 0.500. The maximum absolute atomic E-state index is 12.4. The van der Waals surface area contributed by atoms with E-state index in [-0.39, 0.29) is 5.91 Å². The van der Waals surface area contributed by atoms with E-state index >= 15 is 0 Å². The first-order chi connectivity index (χ1) is 11.5. The molecular formula is C18H24N4OS. The summed E-state index contributed by atoms with van der Waals surface area (Å²) >= 11 is 1.46. The molecule has 128 valence electrons. The van der Waals surface area contributed by atoms with Crippen LogP contribution in [0.2, 0.25) is 0 Å². The monoisotopic (exact) mass is 344 g/mol. The standard InChI is InChI=1S/C18H24N4OS/c1-13-6-8-21(9-7-13)17(23)11-24-18-20-19-12-22(18)16-5-4-14(2)10-15(16)3/h4-5,10,12-13H,6-9,11H2,1-3H3. The minimum absolute atomic E-state index is 0.196. The van der Waals surface area contributed by atoms with Crippen LogP contribution in [0.4, 0.5) is 0 Å². The van der Waals surface area contributed by atoms with Crippen molar-refractivity contribution in [3.8, 4) is 5.69 Å². The summed E-state index contributed by atoms with van der Waals surface area (Å²) in [5.74, 6) is 1.34. The normalized spacial score (nSPS) is 15.7. The number of carbonyl (C=O) groups excluding carboxylic acids is 1. The number of benzene rings is 1. The summed E-state index contributed by atoms with van der Waals surface area (Å²) in [7, 11) is 0. The van der Waals surface area contributed by atoms with Gasteiger partial charge in [0.05, 0.1) is 11.4 Å². The minimum atomic E-state index is 0.196. The number of aromatic nitrogens is 3. The Kier molecular flexibility index (Phi) is 5.23. The Labute approximate surface area is 147 Å². The largest absolute Gasteiger partial charge is 0.342 e. The summed E-state index contributed by atoms with van der Waals surface area (Å²) in [5, 5.41) is 8.98. The number of likely N-dealkylation sites (tertiary alicyclic amines) is 1. The van der Waals surface area contributed by atoms with Gasteiger partial charge in [-0.25, -0.2) is 0 Å². The van der Waals surface area contributed by atoms with Gasteiger partial charge in [-0.2, -0.15) is 0 Å². The summed E-state index contributed by atoms with van der Waals surface area (Å²) in [6, 6.07) is 6.30. The third-order valence-electron chi connectivity index (χ3n) is 4.59. The van der Waals surface area contributed by atoms with Crippen LogP contribution in [0, 0.1) is 19.8 Å². The number of hydrogen-bond acceptors (Lipinski definition) is 4. The molecule has 0 bridgehead atoms. The second kappa shape index (κ2) is 7.38. The lowest BCUT2D eigenvalue weighted by molar-refractivity contribution is -0.129. The Hall–Kier alpha value is -1.82. The fourth-order valence-corrected chi connectivity index (χ4v) is 3.86. The molecule has 6 heteroatoms. The van der Waals surface area contributed by atoms with Gasteiger partial charge in [0.1, 0.15) is 6.33 Å². The molecule has 1 amide bonds. The molecule has 0 unspecified atom stereocenters. The Bertz CT molecular complexity index is 720. The molecule has 0 radical (unpaired) electrons. The van der Waals surface area contributed by atoms with Gasteiger partial charge in [0, 0.05) is 13.1 Å². The van der Waals surface area contributed by atoms with Crippen LogP contribution in [0.1, 0.15) is 30.9 Å². The maximum atomic E-state index is 12.4. The topological polar surface area (TPSA) is 51.0 Å². The Balaban J connectivity index is 1.67. The molecule has 1 aromatic carbocycles. The molecule has 2 heterocycles. The number of carbonyl (C=O) groups is 1. The van der Waals surface area contributed by atoms with E-state index in [0.29, 0.717) is 5.75 Å². The molecule has 0 N–H and O–H groups in total. The third kappa shape index (κ3) is 3.80. The highest BCUT2D eigenvalue weighted by Crippen LogP contribution is 2.24. The van der Waals surface area contributed by atoms with Crippen molar-refractivity contribution in [3.63, 3.8) is 0 Å². The number of piperidine rings is 1. The SMILES string of the molecule is Cc1ccc(-n2cnnc2SCC(=O)N2CCC(C)CC2)c(C)c1. The minimum Gasteiger partial charge on any atom is -0.342 e. The summed E-state index contributed by atoms with van der Waals surface area (Å²) in [6.07, 6.45) is 3.93. The molecule has 1 aliphatic rings. The van der Waals surface area contributed by atoms with Crippen LogP contribution >= 0.6 is 11.8 Å². The van der Waals surface area contributed by atoms with E-state index in [1.165, 1.54) is 22.9 Å². The van der Waals surface area contributed by atoms with E-state index in [1.54, 1.807) is 6.33 Å². The van der Waals surface area contributed by atoms with E-state index in [0.717, 1.165) is 42.7 Å². The zero-order valence-corrected chi connectivity index (χ0v) is 15.3. The molecule has 1 aromatic heterocycles. The lowest BCUT2D eigenvalue weighted by Gasteiger charge is -2.30. The molecule has 1 fully saturated rings. The first-order valence-electron chi connectivity index (χ1n) is 8.43. The van der Waals surface area contributed by atoms with Crippen molar-refractivity contribution in [2.24, 2.45) is 5.92 Å². The molecule has 1 aliphatic heterocycles.